The van der Waals surface area contributed by atoms with Gasteiger partial charge in [0.2, 0.25) is 0 Å². The highest BCUT2D eigenvalue weighted by Gasteiger charge is 2.16. The maximum Gasteiger partial charge on any atom is 0.165 e. The molecule has 118 valence electrons. The Morgan fingerprint density at radius 2 is 2.05 bits per heavy atom. The molecule has 0 atom stereocenters. The van der Waals surface area contributed by atoms with Gasteiger partial charge in [0.25, 0.3) is 0 Å². The number of rotatable bonds is 7. The van der Waals surface area contributed by atoms with Gasteiger partial charge in [0.15, 0.2) is 11.5 Å². The topological polar surface area (TPSA) is 33.7 Å². The fraction of sp³-hybridized carbons (Fsp3) is 0.647. The Morgan fingerprint density at radius 1 is 1.29 bits per heavy atom. The predicted octanol–water partition coefficient (Wildman–Crippen LogP) is 2.53. The summed E-state index contributed by atoms with van der Waals surface area (Å²) in [5.74, 6) is 2.48. The van der Waals surface area contributed by atoms with Crippen molar-refractivity contribution < 1.29 is 9.47 Å². The second kappa shape index (κ2) is 8.25. The summed E-state index contributed by atoms with van der Waals surface area (Å²) in [6.07, 6.45) is 2.58. The monoisotopic (exact) mass is 292 g/mol. The molecule has 1 aliphatic rings. The van der Waals surface area contributed by atoms with E-state index in [0.717, 1.165) is 36.1 Å². The van der Waals surface area contributed by atoms with E-state index in [4.69, 9.17) is 9.47 Å². The first-order valence-electron chi connectivity index (χ1n) is 7.92. The average molecular weight is 292 g/mol. The molecule has 1 aromatic rings. The van der Waals surface area contributed by atoms with Crippen molar-refractivity contribution in [3.05, 3.63) is 23.8 Å². The first kappa shape index (κ1) is 16.1. The summed E-state index contributed by atoms with van der Waals surface area (Å²) in [6, 6.07) is 6.09. The van der Waals surface area contributed by atoms with Crippen LogP contribution in [-0.4, -0.2) is 45.3 Å². The van der Waals surface area contributed by atoms with Crippen LogP contribution in [-0.2, 0) is 6.54 Å². The molecular weight excluding hydrogens is 264 g/mol. The SMILES string of the molecule is CCOc1cccc(CNCC2CCN(C)CC2)c1OC. The van der Waals surface area contributed by atoms with Crippen LogP contribution in [0.15, 0.2) is 18.2 Å². The molecule has 4 nitrogen and oxygen atoms in total. The van der Waals surface area contributed by atoms with Crippen LogP contribution in [0.1, 0.15) is 25.3 Å². The molecule has 21 heavy (non-hydrogen) atoms. The smallest absolute Gasteiger partial charge is 0.165 e. The Morgan fingerprint density at radius 3 is 2.71 bits per heavy atom. The molecule has 2 rings (SSSR count). The third-order valence-electron chi connectivity index (χ3n) is 4.15. The third kappa shape index (κ3) is 4.61. The van der Waals surface area contributed by atoms with Gasteiger partial charge in [-0.3, -0.25) is 0 Å². The second-order valence-corrected chi connectivity index (χ2v) is 5.76. The van der Waals surface area contributed by atoms with Crippen LogP contribution in [0.25, 0.3) is 0 Å². The molecule has 1 aromatic carbocycles. The van der Waals surface area contributed by atoms with E-state index >= 15 is 0 Å². The minimum Gasteiger partial charge on any atom is -0.493 e. The normalized spacial score (nSPS) is 16.9. The zero-order valence-corrected chi connectivity index (χ0v) is 13.5. The first-order chi connectivity index (χ1) is 10.2. The fourth-order valence-electron chi connectivity index (χ4n) is 2.88. The highest BCUT2D eigenvalue weighted by molar-refractivity contribution is 5.46. The molecular formula is C17H28N2O2. The number of benzene rings is 1. The van der Waals surface area contributed by atoms with E-state index < -0.39 is 0 Å². The summed E-state index contributed by atoms with van der Waals surface area (Å²) in [6.45, 7) is 6.99. The Balaban J connectivity index is 1.86. The zero-order valence-electron chi connectivity index (χ0n) is 13.5. The van der Waals surface area contributed by atoms with Gasteiger partial charge in [0, 0.05) is 12.1 Å². The van der Waals surface area contributed by atoms with Crippen molar-refractivity contribution in [3.63, 3.8) is 0 Å². The van der Waals surface area contributed by atoms with Gasteiger partial charge >= 0.3 is 0 Å². The molecule has 0 aromatic heterocycles. The van der Waals surface area contributed by atoms with Crippen molar-refractivity contribution in [2.24, 2.45) is 5.92 Å². The van der Waals surface area contributed by atoms with E-state index in [-0.39, 0.29) is 0 Å². The predicted molar refractivity (Wildman–Crippen MR) is 86.1 cm³/mol. The molecule has 4 heteroatoms. The van der Waals surface area contributed by atoms with Gasteiger partial charge < -0.3 is 19.7 Å². The number of piperidine rings is 1. The minimum absolute atomic E-state index is 0.656. The van der Waals surface area contributed by atoms with E-state index in [1.54, 1.807) is 7.11 Å². The molecule has 0 spiro atoms. The molecule has 0 aliphatic carbocycles. The van der Waals surface area contributed by atoms with Crippen molar-refractivity contribution in [1.29, 1.82) is 0 Å². The molecule has 1 fully saturated rings. The van der Waals surface area contributed by atoms with E-state index in [1.165, 1.54) is 25.9 Å². The molecule has 0 amide bonds. The molecule has 0 unspecified atom stereocenters. The summed E-state index contributed by atoms with van der Waals surface area (Å²) in [5, 5.41) is 3.58. The van der Waals surface area contributed by atoms with Crippen LogP contribution < -0.4 is 14.8 Å². The summed E-state index contributed by atoms with van der Waals surface area (Å²) < 4.78 is 11.1. The summed E-state index contributed by atoms with van der Waals surface area (Å²) >= 11 is 0. The van der Waals surface area contributed by atoms with Crippen molar-refractivity contribution >= 4 is 0 Å². The quantitative estimate of drug-likeness (QED) is 0.837. The van der Waals surface area contributed by atoms with Crippen LogP contribution in [0.4, 0.5) is 0 Å². The van der Waals surface area contributed by atoms with Gasteiger partial charge in [-0.15, -0.1) is 0 Å². The van der Waals surface area contributed by atoms with E-state index in [0.29, 0.717) is 6.61 Å². The van der Waals surface area contributed by atoms with Crippen molar-refractivity contribution in [2.75, 3.05) is 40.4 Å². The number of hydrogen-bond acceptors (Lipinski definition) is 4. The molecule has 1 heterocycles. The van der Waals surface area contributed by atoms with Crippen LogP contribution in [0.5, 0.6) is 11.5 Å². The van der Waals surface area contributed by atoms with Crippen LogP contribution in [0, 0.1) is 5.92 Å². The first-order valence-corrected chi connectivity index (χ1v) is 7.92. The maximum atomic E-state index is 5.62. The third-order valence-corrected chi connectivity index (χ3v) is 4.15. The standard InChI is InChI=1S/C17H28N2O2/c1-4-21-16-7-5-6-15(17(16)20-3)13-18-12-14-8-10-19(2)11-9-14/h5-7,14,18H,4,8-13H2,1-3H3. The number of likely N-dealkylation sites (tertiary alicyclic amines) is 1. The van der Waals surface area contributed by atoms with Crippen molar-refractivity contribution in [3.8, 4) is 11.5 Å². The molecule has 1 N–H and O–H groups in total. The molecule has 0 saturated carbocycles. The van der Waals surface area contributed by atoms with E-state index in [1.807, 2.05) is 19.1 Å². The molecule has 0 bridgehead atoms. The summed E-state index contributed by atoms with van der Waals surface area (Å²) in [7, 11) is 3.91. The lowest BCUT2D eigenvalue weighted by Crippen LogP contribution is -2.34. The average Bonchev–Trinajstić information content (AvgIpc) is 2.50. The largest absolute Gasteiger partial charge is 0.493 e. The molecule has 1 saturated heterocycles. The minimum atomic E-state index is 0.656. The summed E-state index contributed by atoms with van der Waals surface area (Å²) in [4.78, 5) is 2.41. The lowest BCUT2D eigenvalue weighted by atomic mass is 9.97. The number of nitrogens with zero attached hydrogens (tertiary/aromatic N) is 1. The van der Waals surface area contributed by atoms with E-state index in [2.05, 4.69) is 23.3 Å². The zero-order chi connectivity index (χ0) is 15.1. The molecule has 1 aliphatic heterocycles. The van der Waals surface area contributed by atoms with Crippen LogP contribution in [0.2, 0.25) is 0 Å². The van der Waals surface area contributed by atoms with Crippen LogP contribution >= 0.6 is 0 Å². The van der Waals surface area contributed by atoms with Gasteiger partial charge in [-0.25, -0.2) is 0 Å². The Hall–Kier alpha value is -1.26. The second-order valence-electron chi connectivity index (χ2n) is 5.76. The Labute approximate surface area is 128 Å². The van der Waals surface area contributed by atoms with Gasteiger partial charge in [-0.1, -0.05) is 12.1 Å². The number of nitrogens with one attached hydrogen (secondary N) is 1. The van der Waals surface area contributed by atoms with Gasteiger partial charge in [0.1, 0.15) is 0 Å². The maximum absolute atomic E-state index is 5.62. The lowest BCUT2D eigenvalue weighted by molar-refractivity contribution is 0.215. The van der Waals surface area contributed by atoms with Crippen LogP contribution in [0.3, 0.4) is 0 Å². The molecule has 0 radical (unpaired) electrons. The Bertz CT molecular complexity index is 429. The summed E-state index contributed by atoms with van der Waals surface area (Å²) in [5.41, 5.74) is 1.16. The Kier molecular flexibility index (Phi) is 6.33. The number of hydrogen-bond donors (Lipinski definition) is 1. The van der Waals surface area contributed by atoms with Crippen molar-refractivity contribution in [1.82, 2.24) is 10.2 Å². The van der Waals surface area contributed by atoms with Gasteiger partial charge in [-0.05, 0) is 58.4 Å². The van der Waals surface area contributed by atoms with E-state index in [9.17, 15) is 0 Å². The highest BCUT2D eigenvalue weighted by atomic mass is 16.5. The number of ether oxygens (including phenoxy) is 2. The number of para-hydroxylation sites is 1. The van der Waals surface area contributed by atoms with Gasteiger partial charge in [0.05, 0.1) is 13.7 Å². The highest BCUT2D eigenvalue weighted by Crippen LogP contribution is 2.31. The lowest BCUT2D eigenvalue weighted by Gasteiger charge is -2.29. The van der Waals surface area contributed by atoms with Crippen molar-refractivity contribution in [2.45, 2.75) is 26.3 Å². The van der Waals surface area contributed by atoms with Gasteiger partial charge in [-0.2, -0.15) is 0 Å². The number of methoxy groups -OCH3 is 1. The fourth-order valence-corrected chi connectivity index (χ4v) is 2.88.